The van der Waals surface area contributed by atoms with E-state index in [-0.39, 0.29) is 5.56 Å². The van der Waals surface area contributed by atoms with Gasteiger partial charge >= 0.3 is 0 Å². The Morgan fingerprint density at radius 1 is 0.976 bits per heavy atom. The maximum atomic E-state index is 13.9. The number of hydrogen-bond acceptors (Lipinski definition) is 6. The summed E-state index contributed by atoms with van der Waals surface area (Å²) in [5.41, 5.74) is 2.84. The van der Waals surface area contributed by atoms with Crippen molar-refractivity contribution in [2.45, 2.75) is 17.6 Å². The Morgan fingerprint density at radius 2 is 1.71 bits per heavy atom. The van der Waals surface area contributed by atoms with Gasteiger partial charge in [-0.05, 0) is 73.7 Å². The number of nitrogens with zero attached hydrogens (tertiary/aromatic N) is 3. The van der Waals surface area contributed by atoms with Crippen LogP contribution in [-0.4, -0.2) is 20.5 Å². The van der Waals surface area contributed by atoms with Crippen molar-refractivity contribution in [3.05, 3.63) is 129 Å². The van der Waals surface area contributed by atoms with E-state index in [1.54, 1.807) is 30.0 Å². The summed E-state index contributed by atoms with van der Waals surface area (Å²) >= 11 is 15.5. The molecule has 6 rings (SSSR count). The Morgan fingerprint density at radius 3 is 2.49 bits per heavy atom. The first kappa shape index (κ1) is 27.4. The molecule has 0 saturated carbocycles. The predicted molar refractivity (Wildman–Crippen MR) is 170 cm³/mol. The maximum Gasteiger partial charge on any atom is 0.282 e. The first-order chi connectivity index (χ1) is 19.9. The summed E-state index contributed by atoms with van der Waals surface area (Å²) in [7, 11) is 0. The molecule has 0 fully saturated rings. The number of hydrogen-bond donors (Lipinski definition) is 1. The van der Waals surface area contributed by atoms with Crippen LogP contribution in [0.25, 0.3) is 15.3 Å². The van der Waals surface area contributed by atoms with Gasteiger partial charge in [-0.25, -0.2) is 9.98 Å². The van der Waals surface area contributed by atoms with Gasteiger partial charge in [0.2, 0.25) is 5.13 Å². The Balaban J connectivity index is 1.42. The number of aliphatic imine (C=N–C) groups is 1. The van der Waals surface area contributed by atoms with Crippen LogP contribution >= 0.6 is 46.3 Å². The molecule has 204 valence electrons. The van der Waals surface area contributed by atoms with Gasteiger partial charge < -0.3 is 4.74 Å². The quantitative estimate of drug-likeness (QED) is 0.137. The van der Waals surface area contributed by atoms with Crippen molar-refractivity contribution in [2.24, 2.45) is 4.99 Å². The lowest BCUT2D eigenvalue weighted by Gasteiger charge is -2.10. The van der Waals surface area contributed by atoms with Gasteiger partial charge in [0, 0.05) is 20.7 Å². The fourth-order valence-electron chi connectivity index (χ4n) is 4.25. The number of para-hydroxylation sites is 2. The number of aromatic amines is 1. The average molecular weight is 618 g/mol. The summed E-state index contributed by atoms with van der Waals surface area (Å²) in [5.74, 6) is 1.70. The van der Waals surface area contributed by atoms with Crippen LogP contribution in [0.5, 0.6) is 11.5 Å². The summed E-state index contributed by atoms with van der Waals surface area (Å²) in [6.07, 6.45) is 0. The fraction of sp³-hybridized carbons (Fsp3) is 0.0645. The van der Waals surface area contributed by atoms with Crippen LogP contribution in [0.4, 0.5) is 5.69 Å². The minimum Gasteiger partial charge on any atom is -0.455 e. The second-order valence-corrected chi connectivity index (χ2v) is 12.0. The van der Waals surface area contributed by atoms with E-state index < -0.39 is 0 Å². The van der Waals surface area contributed by atoms with Crippen LogP contribution in [0.3, 0.4) is 0 Å². The van der Waals surface area contributed by atoms with Crippen molar-refractivity contribution in [1.82, 2.24) is 14.8 Å². The molecule has 0 bridgehead atoms. The van der Waals surface area contributed by atoms with Crippen molar-refractivity contribution < 1.29 is 4.74 Å². The van der Waals surface area contributed by atoms with Gasteiger partial charge in [0.05, 0.1) is 27.2 Å². The maximum absolute atomic E-state index is 13.9. The van der Waals surface area contributed by atoms with Crippen LogP contribution in [0.2, 0.25) is 10.0 Å². The van der Waals surface area contributed by atoms with Gasteiger partial charge in [0.1, 0.15) is 11.4 Å². The van der Waals surface area contributed by atoms with E-state index in [0.29, 0.717) is 49.4 Å². The molecule has 6 nitrogen and oxygen atoms in total. The topological polar surface area (TPSA) is 72.3 Å². The van der Waals surface area contributed by atoms with Crippen molar-refractivity contribution in [1.29, 1.82) is 0 Å². The number of benzene rings is 4. The van der Waals surface area contributed by atoms with E-state index in [9.17, 15) is 4.79 Å². The Hall–Kier alpha value is -3.82. The molecule has 0 aliphatic heterocycles. The van der Waals surface area contributed by atoms with Crippen LogP contribution in [-0.2, 0) is 5.75 Å². The smallest absolute Gasteiger partial charge is 0.282 e. The second kappa shape index (κ2) is 12.0. The van der Waals surface area contributed by atoms with Gasteiger partial charge in [0.15, 0.2) is 5.75 Å². The standard InChI is InChI=1S/C31H22Cl2N4O2S2/c1-19(34-25-17-21(33)13-16-27(25)39-22-7-3-2-4-8-22)29-26(18-40-23-14-11-20(32)12-15-23)36-37(30(29)38)31-35-24-9-5-6-10-28(24)41-31/h2-17,36H,18H2,1H3. The van der Waals surface area contributed by atoms with E-state index in [1.165, 1.54) is 16.0 Å². The molecule has 0 atom stereocenters. The zero-order valence-electron chi connectivity index (χ0n) is 21.7. The Kier molecular flexibility index (Phi) is 7.98. The number of halogens is 2. The first-order valence-corrected chi connectivity index (χ1v) is 15.2. The minimum absolute atomic E-state index is 0.232. The molecule has 2 aromatic heterocycles. The molecule has 0 saturated heterocycles. The molecule has 10 heteroatoms. The highest BCUT2D eigenvalue weighted by Gasteiger charge is 2.21. The molecule has 0 unspecified atom stereocenters. The SMILES string of the molecule is CC(=Nc1cc(Cl)ccc1Oc1ccccc1)c1c(CSc2ccc(Cl)cc2)[nH]n(-c2nc3ccccc3s2)c1=O. The number of nitrogens with one attached hydrogen (secondary N) is 1. The highest BCUT2D eigenvalue weighted by atomic mass is 35.5. The van der Waals surface area contributed by atoms with Gasteiger partial charge in [-0.1, -0.05) is 64.9 Å². The normalized spacial score (nSPS) is 11.7. The van der Waals surface area contributed by atoms with E-state index in [0.717, 1.165) is 20.8 Å². The van der Waals surface area contributed by atoms with Gasteiger partial charge in [0.25, 0.3) is 5.56 Å². The summed E-state index contributed by atoms with van der Waals surface area (Å²) in [4.78, 5) is 24.5. The molecule has 0 aliphatic carbocycles. The molecule has 4 aromatic carbocycles. The molecule has 1 N–H and O–H groups in total. The van der Waals surface area contributed by atoms with E-state index >= 15 is 0 Å². The lowest BCUT2D eigenvalue weighted by Crippen LogP contribution is -2.19. The molecular formula is C31H22Cl2N4O2S2. The average Bonchev–Trinajstić information content (AvgIpc) is 3.55. The highest BCUT2D eigenvalue weighted by molar-refractivity contribution is 7.98. The van der Waals surface area contributed by atoms with E-state index in [4.69, 9.17) is 37.9 Å². The number of H-pyrrole nitrogens is 1. The second-order valence-electron chi connectivity index (χ2n) is 9.04. The molecule has 0 aliphatic rings. The number of rotatable bonds is 8. The molecule has 6 aromatic rings. The molecule has 41 heavy (non-hydrogen) atoms. The number of thioether (sulfide) groups is 1. The van der Waals surface area contributed by atoms with E-state index in [2.05, 4.69) is 5.10 Å². The van der Waals surface area contributed by atoms with Crippen molar-refractivity contribution >= 4 is 67.9 Å². The zero-order valence-corrected chi connectivity index (χ0v) is 24.8. The number of ether oxygens (including phenoxy) is 1. The minimum atomic E-state index is -0.232. The van der Waals surface area contributed by atoms with Gasteiger partial charge in [-0.2, -0.15) is 4.68 Å². The third-order valence-electron chi connectivity index (χ3n) is 6.18. The first-order valence-electron chi connectivity index (χ1n) is 12.6. The fourth-order valence-corrected chi connectivity index (χ4v) is 6.32. The van der Waals surface area contributed by atoms with Gasteiger partial charge in [-0.15, -0.1) is 11.8 Å². The summed E-state index contributed by atoms with van der Waals surface area (Å²) in [5, 5.41) is 5.05. The molecule has 0 radical (unpaired) electrons. The number of fused-ring (bicyclic) bond motifs is 1. The lowest BCUT2D eigenvalue weighted by atomic mass is 10.1. The van der Waals surface area contributed by atoms with Crippen molar-refractivity contribution in [3.8, 4) is 16.6 Å². The number of aromatic nitrogens is 3. The Labute approximate surface area is 254 Å². The molecule has 0 amide bonds. The van der Waals surface area contributed by atoms with Crippen LogP contribution in [0.15, 0.2) is 112 Å². The van der Waals surface area contributed by atoms with Crippen molar-refractivity contribution in [2.75, 3.05) is 0 Å². The monoisotopic (exact) mass is 616 g/mol. The van der Waals surface area contributed by atoms with Gasteiger partial charge in [-0.3, -0.25) is 9.89 Å². The van der Waals surface area contributed by atoms with Crippen LogP contribution in [0.1, 0.15) is 18.2 Å². The Bertz CT molecular complexity index is 1900. The summed E-state index contributed by atoms with van der Waals surface area (Å²) < 4.78 is 8.60. The lowest BCUT2D eigenvalue weighted by molar-refractivity contribution is 0.484. The van der Waals surface area contributed by atoms with Crippen molar-refractivity contribution in [3.63, 3.8) is 0 Å². The van der Waals surface area contributed by atoms with Crippen LogP contribution < -0.4 is 10.3 Å². The highest BCUT2D eigenvalue weighted by Crippen LogP contribution is 2.35. The largest absolute Gasteiger partial charge is 0.455 e. The molecule has 0 spiro atoms. The predicted octanol–water partition coefficient (Wildman–Crippen LogP) is 9.31. The van der Waals surface area contributed by atoms with E-state index in [1.807, 2.05) is 85.8 Å². The molecular weight excluding hydrogens is 595 g/mol. The summed E-state index contributed by atoms with van der Waals surface area (Å²) in [6, 6.07) is 30.1. The zero-order chi connectivity index (χ0) is 28.3. The van der Waals surface area contributed by atoms with Crippen LogP contribution in [0, 0.1) is 0 Å². The summed E-state index contributed by atoms with van der Waals surface area (Å²) in [6.45, 7) is 1.82. The third-order valence-corrected chi connectivity index (χ3v) is 8.73. The number of thiazole rings is 1. The molecule has 2 heterocycles. The third kappa shape index (κ3) is 6.11.